The molecule has 1 aromatic carbocycles. The van der Waals surface area contributed by atoms with Gasteiger partial charge >= 0.3 is 0 Å². The van der Waals surface area contributed by atoms with Crippen LogP contribution in [0.3, 0.4) is 0 Å². The van der Waals surface area contributed by atoms with Crippen LogP contribution in [-0.2, 0) is 16.0 Å². The lowest BCUT2D eigenvalue weighted by Crippen LogP contribution is -2.42. The molecular weight excluding hydrogens is 404 g/mol. The largest absolute Gasteiger partial charge is 0.486 e. The van der Waals surface area contributed by atoms with Gasteiger partial charge in [-0.1, -0.05) is 0 Å². The Morgan fingerprint density at radius 2 is 1.90 bits per heavy atom. The van der Waals surface area contributed by atoms with E-state index in [1.807, 2.05) is 12.1 Å². The number of rotatable bonds is 6. The third-order valence-electron chi connectivity index (χ3n) is 5.55. The van der Waals surface area contributed by atoms with Crippen LogP contribution in [0.1, 0.15) is 17.4 Å². The molecule has 2 aromatic heterocycles. The summed E-state index contributed by atoms with van der Waals surface area (Å²) < 4.78 is 23.8. The Bertz CT molecular complexity index is 1120. The molecule has 11 nitrogen and oxygen atoms in total. The van der Waals surface area contributed by atoms with Crippen LogP contribution in [-0.4, -0.2) is 83.3 Å². The van der Waals surface area contributed by atoms with Crippen molar-refractivity contribution in [1.82, 2.24) is 30.1 Å². The summed E-state index contributed by atoms with van der Waals surface area (Å²) in [6, 6.07) is 5.17. The number of hydrogen-bond acceptors (Lipinski definition) is 9. The smallest absolute Gasteiger partial charge is 0.253 e. The van der Waals surface area contributed by atoms with Gasteiger partial charge in [0.15, 0.2) is 17.3 Å². The van der Waals surface area contributed by atoms with Crippen molar-refractivity contribution >= 4 is 10.9 Å². The van der Waals surface area contributed by atoms with E-state index in [1.54, 1.807) is 17.9 Å². The molecule has 0 spiro atoms. The zero-order valence-corrected chi connectivity index (χ0v) is 17.2. The van der Waals surface area contributed by atoms with Crippen LogP contribution in [0, 0.1) is 0 Å². The highest BCUT2D eigenvalue weighted by Gasteiger charge is 2.31. The maximum atomic E-state index is 13.2. The van der Waals surface area contributed by atoms with Gasteiger partial charge in [-0.25, -0.2) is 4.68 Å². The first-order valence-corrected chi connectivity index (χ1v) is 10.3. The highest BCUT2D eigenvalue weighted by molar-refractivity contribution is 5.83. The van der Waals surface area contributed by atoms with E-state index in [0.29, 0.717) is 81.1 Å². The second kappa shape index (κ2) is 8.61. The van der Waals surface area contributed by atoms with Gasteiger partial charge in [-0.05, 0) is 22.6 Å². The Morgan fingerprint density at radius 1 is 1.13 bits per heavy atom. The van der Waals surface area contributed by atoms with Gasteiger partial charge in [0.2, 0.25) is 0 Å². The monoisotopic (exact) mass is 428 g/mol. The van der Waals surface area contributed by atoms with E-state index < -0.39 is 6.04 Å². The van der Waals surface area contributed by atoms with E-state index in [1.165, 1.54) is 0 Å². The van der Waals surface area contributed by atoms with E-state index in [2.05, 4.69) is 25.4 Å². The van der Waals surface area contributed by atoms with E-state index in [-0.39, 0.29) is 5.56 Å². The molecule has 2 aliphatic heterocycles. The number of nitrogens with one attached hydrogen (secondary N) is 1. The van der Waals surface area contributed by atoms with Crippen molar-refractivity contribution in [2.24, 2.45) is 0 Å². The molecule has 1 fully saturated rings. The lowest BCUT2D eigenvalue weighted by atomic mass is 10.0. The van der Waals surface area contributed by atoms with Crippen LogP contribution < -0.4 is 15.0 Å². The minimum Gasteiger partial charge on any atom is -0.486 e. The van der Waals surface area contributed by atoms with Gasteiger partial charge in [-0.2, -0.15) is 0 Å². The van der Waals surface area contributed by atoms with Crippen molar-refractivity contribution in [1.29, 1.82) is 0 Å². The molecule has 0 radical (unpaired) electrons. The van der Waals surface area contributed by atoms with Crippen LogP contribution in [0.4, 0.5) is 0 Å². The van der Waals surface area contributed by atoms with Crippen LogP contribution in [0.15, 0.2) is 23.0 Å². The Kier molecular flexibility index (Phi) is 5.53. The summed E-state index contributed by atoms with van der Waals surface area (Å²) in [7, 11) is 1.63. The highest BCUT2D eigenvalue weighted by Crippen LogP contribution is 2.35. The fourth-order valence-electron chi connectivity index (χ4n) is 4.04. The standard InChI is InChI=1S/C20H24N6O5/c1-28-5-4-26-19(22-23-24-26)18(25-2-6-29-7-3-25)14-10-13-11-16-17(31-9-8-30-16)12-15(13)21-20(14)27/h10-12,18H,2-9H2,1H3,(H,21,27). The van der Waals surface area contributed by atoms with Crippen LogP contribution in [0.25, 0.3) is 10.9 Å². The first-order valence-electron chi connectivity index (χ1n) is 10.3. The molecule has 31 heavy (non-hydrogen) atoms. The molecule has 1 N–H and O–H groups in total. The molecule has 2 aliphatic rings. The van der Waals surface area contributed by atoms with E-state index >= 15 is 0 Å². The second-order valence-corrected chi connectivity index (χ2v) is 7.44. The predicted octanol–water partition coefficient (Wildman–Crippen LogP) is 0.354. The number of benzene rings is 1. The zero-order valence-electron chi connectivity index (χ0n) is 17.2. The van der Waals surface area contributed by atoms with Crippen LogP contribution >= 0.6 is 0 Å². The molecule has 3 aromatic rings. The molecule has 164 valence electrons. The fraction of sp³-hybridized carbons (Fsp3) is 0.500. The highest BCUT2D eigenvalue weighted by atomic mass is 16.6. The van der Waals surface area contributed by atoms with Gasteiger partial charge in [-0.15, -0.1) is 5.10 Å². The fourth-order valence-corrected chi connectivity index (χ4v) is 4.04. The topological polar surface area (TPSA) is 117 Å². The summed E-state index contributed by atoms with van der Waals surface area (Å²) in [6.07, 6.45) is 0. The van der Waals surface area contributed by atoms with E-state index in [9.17, 15) is 4.79 Å². The number of fused-ring (bicyclic) bond motifs is 2. The first-order chi connectivity index (χ1) is 15.2. The summed E-state index contributed by atoms with van der Waals surface area (Å²) in [6.45, 7) is 4.44. The number of H-pyrrole nitrogens is 1. The SMILES string of the molecule is COCCn1nnnc1C(c1cc2cc3c(cc2[nH]c1=O)OCCO3)N1CCOCC1. The Hall–Kier alpha value is -3.02. The summed E-state index contributed by atoms with van der Waals surface area (Å²) in [5, 5.41) is 13.1. The minimum atomic E-state index is -0.419. The van der Waals surface area contributed by atoms with Gasteiger partial charge < -0.3 is 23.9 Å². The molecule has 1 saturated heterocycles. The van der Waals surface area contributed by atoms with Gasteiger partial charge in [0, 0.05) is 37.2 Å². The van der Waals surface area contributed by atoms with Crippen LogP contribution in [0.2, 0.25) is 0 Å². The number of aromatic nitrogens is 5. The normalized spacial score (nSPS) is 17.7. The molecular formula is C20H24N6O5. The van der Waals surface area contributed by atoms with Crippen molar-refractivity contribution in [3.63, 3.8) is 0 Å². The molecule has 1 unspecified atom stereocenters. The Labute approximate surface area is 177 Å². The lowest BCUT2D eigenvalue weighted by Gasteiger charge is -2.33. The molecule has 0 bridgehead atoms. The van der Waals surface area contributed by atoms with Gasteiger partial charge in [0.1, 0.15) is 19.3 Å². The van der Waals surface area contributed by atoms with Crippen molar-refractivity contribution in [2.45, 2.75) is 12.6 Å². The molecule has 11 heteroatoms. The third-order valence-corrected chi connectivity index (χ3v) is 5.55. The number of morpholine rings is 1. The van der Waals surface area contributed by atoms with Gasteiger partial charge in [0.25, 0.3) is 5.56 Å². The Balaban J connectivity index is 1.62. The van der Waals surface area contributed by atoms with Crippen molar-refractivity contribution in [2.75, 3.05) is 53.2 Å². The minimum absolute atomic E-state index is 0.193. The number of ether oxygens (including phenoxy) is 4. The molecule has 1 atom stereocenters. The van der Waals surface area contributed by atoms with Gasteiger partial charge in [0.05, 0.1) is 31.9 Å². The molecule has 5 rings (SSSR count). The number of tetrazole rings is 1. The number of hydrogen-bond donors (Lipinski definition) is 1. The lowest BCUT2D eigenvalue weighted by molar-refractivity contribution is 0.0211. The summed E-state index contributed by atoms with van der Waals surface area (Å²) >= 11 is 0. The summed E-state index contributed by atoms with van der Waals surface area (Å²) in [4.78, 5) is 18.4. The molecule has 0 amide bonds. The quantitative estimate of drug-likeness (QED) is 0.594. The number of aromatic amines is 1. The van der Waals surface area contributed by atoms with E-state index in [4.69, 9.17) is 18.9 Å². The first kappa shape index (κ1) is 19.9. The average molecular weight is 428 g/mol. The van der Waals surface area contributed by atoms with Crippen molar-refractivity contribution in [3.8, 4) is 11.5 Å². The van der Waals surface area contributed by atoms with Crippen molar-refractivity contribution < 1.29 is 18.9 Å². The maximum Gasteiger partial charge on any atom is 0.253 e. The third kappa shape index (κ3) is 3.87. The number of pyridine rings is 1. The van der Waals surface area contributed by atoms with Crippen molar-refractivity contribution in [3.05, 3.63) is 39.9 Å². The maximum absolute atomic E-state index is 13.2. The number of methoxy groups -OCH3 is 1. The average Bonchev–Trinajstić information content (AvgIpc) is 3.26. The Morgan fingerprint density at radius 3 is 2.68 bits per heavy atom. The second-order valence-electron chi connectivity index (χ2n) is 7.44. The predicted molar refractivity (Wildman–Crippen MR) is 109 cm³/mol. The molecule has 0 saturated carbocycles. The number of nitrogens with zero attached hydrogens (tertiary/aromatic N) is 5. The summed E-state index contributed by atoms with van der Waals surface area (Å²) in [5.74, 6) is 1.90. The molecule has 4 heterocycles. The zero-order chi connectivity index (χ0) is 21.2. The van der Waals surface area contributed by atoms with Gasteiger partial charge in [-0.3, -0.25) is 9.69 Å². The summed E-state index contributed by atoms with van der Waals surface area (Å²) in [5.41, 5.74) is 1.07. The molecule has 0 aliphatic carbocycles. The van der Waals surface area contributed by atoms with Crippen LogP contribution in [0.5, 0.6) is 11.5 Å². The van der Waals surface area contributed by atoms with E-state index in [0.717, 1.165) is 5.39 Å².